The number of ether oxygens (including phenoxy) is 10. The highest BCUT2D eigenvalue weighted by Crippen LogP contribution is 2.54. The number of hydrogen-bond acceptors (Lipinski definition) is 34. The first-order valence-corrected chi connectivity index (χ1v) is 42.5. The highest BCUT2D eigenvalue weighted by atomic mass is 16.6. The number of hydrogen-bond donors (Lipinski definition) is 14. The van der Waals surface area contributed by atoms with Crippen LogP contribution in [-0.4, -0.2) is 277 Å². The summed E-state index contributed by atoms with van der Waals surface area (Å²) in [5.74, 6) is -34.1. The van der Waals surface area contributed by atoms with Crippen molar-refractivity contribution < 1.29 is 234 Å². The molecule has 0 aliphatic heterocycles. The Balaban J connectivity index is 0.000000230. The number of benzene rings is 5. The minimum atomic E-state index is -1.26. The lowest BCUT2D eigenvalue weighted by Gasteiger charge is -2.44. The number of rotatable bonds is 44. The molecule has 2 fully saturated rings. The zero-order chi connectivity index (χ0) is 105. The average Bonchev–Trinajstić information content (AvgIpc) is 1.73. The molecule has 756 valence electrons. The van der Waals surface area contributed by atoms with Gasteiger partial charge < -0.3 is 119 Å². The summed E-state index contributed by atoms with van der Waals surface area (Å²) in [6.07, 6.45) is -4.17. The first kappa shape index (κ1) is 111. The molecule has 0 spiro atoms. The Bertz CT molecular complexity index is 5310. The van der Waals surface area contributed by atoms with Gasteiger partial charge in [-0.3, -0.25) is 115 Å². The second-order valence-electron chi connectivity index (χ2n) is 33.3. The number of fused-ring (bicyclic) bond motifs is 6. The fraction of sp³-hybridized carbons (Fsp3) is 0.419. The van der Waals surface area contributed by atoms with E-state index in [0.29, 0.717) is 66.8 Å². The topological polar surface area (TPSA) is 785 Å². The molecule has 12 rings (SSSR count). The van der Waals surface area contributed by atoms with Crippen LogP contribution < -0.4 is 0 Å². The zero-order valence-electron chi connectivity index (χ0n) is 74.0. The van der Waals surface area contributed by atoms with E-state index >= 15 is 0 Å². The van der Waals surface area contributed by atoms with Crippen LogP contribution in [0.2, 0.25) is 0 Å². The maximum absolute atomic E-state index is 11.7. The number of carbonyl (C=O) groups is 24. The Morgan fingerprint density at radius 1 is 0.326 bits per heavy atom. The van der Waals surface area contributed by atoms with Crippen molar-refractivity contribution in [1.82, 2.24) is 0 Å². The predicted octanol–water partition coefficient (Wildman–Crippen LogP) is 2.83. The second kappa shape index (κ2) is 52.1. The van der Waals surface area contributed by atoms with Crippen molar-refractivity contribution in [2.24, 2.45) is 71.0 Å². The molecule has 48 nitrogen and oxygen atoms in total. The summed E-state index contributed by atoms with van der Waals surface area (Å²) in [4.78, 5) is 265. The van der Waals surface area contributed by atoms with E-state index in [1.807, 2.05) is 0 Å². The molecule has 5 aromatic carbocycles. The summed E-state index contributed by atoms with van der Waals surface area (Å²) in [6.45, 7) is 2.20. The number of carbonyl (C=O) groups excluding carboxylic acids is 10. The summed E-state index contributed by atoms with van der Waals surface area (Å²) in [7, 11) is 0. The van der Waals surface area contributed by atoms with E-state index in [4.69, 9.17) is 28.4 Å². The Kier molecular flexibility index (Phi) is 41.1. The number of carboxylic acids is 14. The molecule has 0 bridgehead atoms. The van der Waals surface area contributed by atoms with Gasteiger partial charge in [0.1, 0.15) is 69.3 Å². The molecule has 0 saturated heterocycles. The van der Waals surface area contributed by atoms with Gasteiger partial charge in [0.25, 0.3) is 64.7 Å². The van der Waals surface area contributed by atoms with Crippen LogP contribution >= 0.6 is 0 Å². The third-order valence-electron chi connectivity index (χ3n) is 26.1. The molecular weight excluding hydrogens is 1880 g/mol. The minimum absolute atomic E-state index is 0.0103. The highest BCUT2D eigenvalue weighted by Gasteiger charge is 2.62. The van der Waals surface area contributed by atoms with Crippen molar-refractivity contribution in [1.29, 1.82) is 0 Å². The molecular formula is C93H96O48. The molecule has 0 radical (unpaired) electrons. The monoisotopic (exact) mass is 1980 g/mol. The van der Waals surface area contributed by atoms with Gasteiger partial charge in [0.2, 0.25) is 0 Å². The van der Waals surface area contributed by atoms with Crippen LogP contribution in [0.1, 0.15) is 141 Å². The Labute approximate surface area is 795 Å². The summed E-state index contributed by atoms with van der Waals surface area (Å²) in [6, 6.07) is 27.6. The van der Waals surface area contributed by atoms with E-state index in [9.17, 15) is 187 Å². The molecule has 48 heteroatoms. The first-order chi connectivity index (χ1) is 67.1. The molecule has 2 saturated carbocycles. The van der Waals surface area contributed by atoms with Crippen molar-refractivity contribution in [2.45, 2.75) is 137 Å². The second-order valence-corrected chi connectivity index (χ2v) is 33.3. The van der Waals surface area contributed by atoms with E-state index in [0.717, 1.165) is 5.56 Å². The SMILES string of the molecule is CC1(C(COC=O)OC=O)CC(C(=O)O)C(C(=O)O)c2ccccc21.O=COC1CC(OC=O)C2C(C(=O)O)CC(C(=O)O)C12.O=COCC(C(=O)O)c1cccc2c1CC(C(=O)O)C(C(=O)O)C2.O=COCC(C(=O)O)c1cccc2c1CC(C(=O)O)C(C(=O)O)C2.O=COCC(OC=O)C1CC(C(=O)O)C(C(=O)O)c2ccccc21.O=COCC(OC=O)c1ccc2c(c1)CC(C(=O)O)C(C(=O)O)C2. The van der Waals surface area contributed by atoms with Crippen LogP contribution in [-0.2, 0) is 206 Å². The third kappa shape index (κ3) is 27.2. The van der Waals surface area contributed by atoms with Crippen LogP contribution in [0.3, 0.4) is 0 Å². The molecule has 0 amide bonds. The summed E-state index contributed by atoms with van der Waals surface area (Å²) < 4.78 is 47.8. The van der Waals surface area contributed by atoms with Gasteiger partial charge in [-0.05, 0) is 130 Å². The largest absolute Gasteiger partial charge is 0.481 e. The Morgan fingerprint density at radius 3 is 1.11 bits per heavy atom. The summed E-state index contributed by atoms with van der Waals surface area (Å²) in [5.41, 5.74) is 5.68. The standard InChI is InChI=1S/C17H18O8.4C16H16O8.C12H14O8/c1-17(13(25-9-19)7-24-8-18)6-11(15(20)21)14(16(22)23)10-4-2-3-5-12(10)17;17-7-23-6-14(24-8-18)10-2-1-9-4-12(15(19)20)13(16(21)22)5-11(9)3-10;2*17-7-24-6-13(16(22)23)9-3-1-2-8-4-11(14(18)19)12(15(20)21)5-10(8)9;17-7-23-6-13(24-8-18)11-5-12(15(19)20)14(16(21)22)10-4-2-1-3-9(10)11;13-3-19-7-2-8(20-4-14)10-6(12(17)18)1-5(9(7)10)11(15)16/h2-5,8-9,11,13-14H,6-7H2,1H3,(H,20,21)(H,22,23);1-3,7-8,12-14H,4-6H2,(H,19,20)(H,21,22);2*1-3,7,11-13H,4-6H2,(H,18,19)(H,20,21)(H,22,23);1-4,7-8,11-14H,5-6H2,(H,19,20)(H,21,22);3-10H,1-2H2,(H,15,16)(H,17,18). The van der Waals surface area contributed by atoms with Gasteiger partial charge in [-0.15, -0.1) is 0 Å². The van der Waals surface area contributed by atoms with Crippen LogP contribution in [0.5, 0.6) is 0 Å². The molecule has 23 atom stereocenters. The highest BCUT2D eigenvalue weighted by molar-refractivity contribution is 5.89. The Hall–Kier alpha value is -16.6. The lowest BCUT2D eigenvalue weighted by molar-refractivity contribution is -0.155. The van der Waals surface area contributed by atoms with E-state index in [1.54, 1.807) is 97.9 Å². The number of aliphatic carboxylic acids is 14. The average molecular weight is 1980 g/mol. The molecule has 0 heterocycles. The van der Waals surface area contributed by atoms with Gasteiger partial charge in [-0.2, -0.15) is 0 Å². The maximum Gasteiger partial charge on any atom is 0.314 e. The van der Waals surface area contributed by atoms with Gasteiger partial charge in [0.05, 0.1) is 71.0 Å². The smallest absolute Gasteiger partial charge is 0.314 e. The van der Waals surface area contributed by atoms with Crippen molar-refractivity contribution in [3.63, 3.8) is 0 Å². The van der Waals surface area contributed by atoms with Gasteiger partial charge in [-0.25, -0.2) is 0 Å². The lowest BCUT2D eigenvalue weighted by atomic mass is 9.60. The lowest BCUT2D eigenvalue weighted by Crippen LogP contribution is -2.49. The molecule has 0 aromatic heterocycles. The molecule has 7 aliphatic carbocycles. The van der Waals surface area contributed by atoms with Gasteiger partial charge in [-0.1, -0.05) is 110 Å². The van der Waals surface area contributed by atoms with Crippen molar-refractivity contribution in [3.8, 4) is 0 Å². The predicted molar refractivity (Wildman–Crippen MR) is 456 cm³/mol. The summed E-state index contributed by atoms with van der Waals surface area (Å²) >= 11 is 0. The fourth-order valence-electron chi connectivity index (χ4n) is 19.6. The first-order valence-electron chi connectivity index (χ1n) is 42.5. The maximum atomic E-state index is 11.7. The van der Waals surface area contributed by atoms with Gasteiger partial charge in [0.15, 0.2) is 6.10 Å². The van der Waals surface area contributed by atoms with Crippen LogP contribution in [0.4, 0.5) is 0 Å². The van der Waals surface area contributed by atoms with E-state index < -0.39 is 220 Å². The zero-order valence-corrected chi connectivity index (χ0v) is 74.0. The Morgan fingerprint density at radius 2 is 0.702 bits per heavy atom. The molecule has 23 unspecified atom stereocenters. The van der Waals surface area contributed by atoms with Crippen LogP contribution in [0.15, 0.2) is 103 Å². The van der Waals surface area contributed by atoms with Crippen LogP contribution in [0, 0.1) is 71.0 Å². The van der Waals surface area contributed by atoms with Gasteiger partial charge in [0, 0.05) is 29.6 Å². The van der Waals surface area contributed by atoms with E-state index in [1.165, 1.54) is 12.1 Å². The third-order valence-corrected chi connectivity index (χ3v) is 26.1. The van der Waals surface area contributed by atoms with Crippen molar-refractivity contribution in [2.75, 3.05) is 33.0 Å². The fourth-order valence-corrected chi connectivity index (χ4v) is 19.6. The minimum Gasteiger partial charge on any atom is -0.481 e. The van der Waals surface area contributed by atoms with Crippen molar-refractivity contribution in [3.05, 3.63) is 175 Å². The normalized spacial score (nSPS) is 24.5. The summed E-state index contributed by atoms with van der Waals surface area (Å²) in [5, 5.41) is 131. The van der Waals surface area contributed by atoms with Crippen molar-refractivity contribution >= 4 is 148 Å². The quantitative estimate of drug-likeness (QED) is 0.0197. The molecule has 14 N–H and O–H groups in total. The van der Waals surface area contributed by atoms with E-state index in [-0.39, 0.29) is 162 Å². The van der Waals surface area contributed by atoms with Gasteiger partial charge >= 0.3 is 83.6 Å². The molecule has 7 aliphatic rings. The van der Waals surface area contributed by atoms with E-state index in [2.05, 4.69) is 18.9 Å². The number of carboxylic acid groups (broad SMARTS) is 14. The molecule has 5 aromatic rings. The van der Waals surface area contributed by atoms with Crippen LogP contribution in [0.25, 0.3) is 0 Å². The molecule has 141 heavy (non-hydrogen) atoms.